The zero-order chi connectivity index (χ0) is 17.2. The van der Waals surface area contributed by atoms with Crippen LogP contribution in [0, 0.1) is 0 Å². The van der Waals surface area contributed by atoms with E-state index in [2.05, 4.69) is 80.6 Å². The van der Waals surface area contributed by atoms with E-state index >= 15 is 0 Å². The minimum atomic E-state index is -0.583. The number of aliphatic imine (C=N–C) groups is 2. The molecule has 0 aromatic heterocycles. The second-order valence-electron chi connectivity index (χ2n) is 6.15. The summed E-state index contributed by atoms with van der Waals surface area (Å²) in [5, 5.41) is 0.988. The Hall–Kier alpha value is -2.07. The number of hydrogen-bond donors (Lipinski definition) is 0. The van der Waals surface area contributed by atoms with Crippen LogP contribution in [0.5, 0.6) is 0 Å². The second kappa shape index (κ2) is 6.81. The average Bonchev–Trinajstić information content (AvgIpc) is 2.89. The van der Waals surface area contributed by atoms with E-state index in [-0.39, 0.29) is 6.04 Å². The van der Waals surface area contributed by atoms with Gasteiger partial charge in [0, 0.05) is 13.1 Å². The molecule has 0 radical (unpaired) electrons. The van der Waals surface area contributed by atoms with Crippen LogP contribution >= 0.6 is 11.8 Å². The summed E-state index contributed by atoms with van der Waals surface area (Å²) in [5.41, 5.74) is 1.71. The monoisotopic (exact) mass is 337 g/mol. The van der Waals surface area contributed by atoms with Gasteiger partial charge >= 0.3 is 0 Å². The molecule has 0 aliphatic carbocycles. The molecule has 1 aliphatic rings. The van der Waals surface area contributed by atoms with E-state index in [4.69, 9.17) is 9.98 Å². The van der Waals surface area contributed by atoms with Crippen molar-refractivity contribution in [3.63, 3.8) is 0 Å². The number of rotatable bonds is 3. The standard InChI is InChI=1S/C20H23N3S/c1-15(2)21-18-20(16-11-7-5-8-12-16,17-13-9-6-10-14-17)22-19(24-4)23(18)3/h5-15H,1-4H3. The quantitative estimate of drug-likeness (QED) is 0.830. The van der Waals surface area contributed by atoms with Crippen molar-refractivity contribution >= 4 is 22.8 Å². The Kier molecular flexibility index (Phi) is 4.76. The lowest BCUT2D eigenvalue weighted by Crippen LogP contribution is -2.40. The molecule has 0 atom stereocenters. The molecule has 0 unspecified atom stereocenters. The van der Waals surface area contributed by atoms with Crippen LogP contribution in [-0.4, -0.2) is 35.2 Å². The Labute approximate surface area is 148 Å². The highest BCUT2D eigenvalue weighted by molar-refractivity contribution is 8.13. The first-order valence-corrected chi connectivity index (χ1v) is 9.39. The summed E-state index contributed by atoms with van der Waals surface area (Å²) in [5.74, 6) is 0.985. The van der Waals surface area contributed by atoms with Crippen LogP contribution in [0.1, 0.15) is 25.0 Å². The molecule has 3 rings (SSSR count). The van der Waals surface area contributed by atoms with Crippen LogP contribution in [-0.2, 0) is 5.54 Å². The van der Waals surface area contributed by atoms with Crippen molar-refractivity contribution in [3.05, 3.63) is 71.8 Å². The zero-order valence-corrected chi connectivity index (χ0v) is 15.4. The molecule has 0 saturated heterocycles. The fraction of sp³-hybridized carbons (Fsp3) is 0.300. The van der Waals surface area contributed by atoms with Crippen LogP contribution in [0.15, 0.2) is 70.6 Å². The molecule has 124 valence electrons. The molecule has 0 bridgehead atoms. The lowest BCUT2D eigenvalue weighted by Gasteiger charge is -2.30. The molecule has 0 amide bonds. The normalized spacial score (nSPS) is 18.3. The largest absolute Gasteiger partial charge is 0.310 e. The number of thioether (sulfide) groups is 1. The fourth-order valence-corrected chi connectivity index (χ4v) is 3.71. The fourth-order valence-electron chi connectivity index (χ4n) is 3.12. The first-order valence-electron chi connectivity index (χ1n) is 8.16. The second-order valence-corrected chi connectivity index (χ2v) is 6.92. The van der Waals surface area contributed by atoms with Crippen LogP contribution in [0.25, 0.3) is 0 Å². The van der Waals surface area contributed by atoms with Crippen molar-refractivity contribution in [2.75, 3.05) is 13.3 Å². The van der Waals surface area contributed by atoms with Gasteiger partial charge < -0.3 is 4.90 Å². The van der Waals surface area contributed by atoms with E-state index in [9.17, 15) is 0 Å². The van der Waals surface area contributed by atoms with E-state index < -0.39 is 5.54 Å². The Morgan fingerprint density at radius 3 is 1.88 bits per heavy atom. The topological polar surface area (TPSA) is 28.0 Å². The summed E-state index contributed by atoms with van der Waals surface area (Å²) in [4.78, 5) is 12.3. The maximum absolute atomic E-state index is 5.17. The third-order valence-corrected chi connectivity index (χ3v) is 4.87. The first-order chi connectivity index (χ1) is 11.6. The Balaban J connectivity index is 2.33. The molecule has 1 heterocycles. The van der Waals surface area contributed by atoms with Gasteiger partial charge in [-0.3, -0.25) is 4.99 Å². The molecule has 0 saturated carbocycles. The van der Waals surface area contributed by atoms with Gasteiger partial charge in [0.05, 0.1) is 0 Å². The predicted molar refractivity (Wildman–Crippen MR) is 105 cm³/mol. The summed E-state index contributed by atoms with van der Waals surface area (Å²) in [6.45, 7) is 4.22. The molecule has 0 fully saturated rings. The van der Waals surface area contributed by atoms with Gasteiger partial charge in [-0.25, -0.2) is 4.99 Å². The van der Waals surface area contributed by atoms with E-state index in [0.717, 1.165) is 22.1 Å². The minimum absolute atomic E-state index is 0.200. The molecule has 2 aromatic rings. The molecule has 1 aliphatic heterocycles. The smallest absolute Gasteiger partial charge is 0.171 e. The van der Waals surface area contributed by atoms with Crippen molar-refractivity contribution in [1.29, 1.82) is 0 Å². The first kappa shape index (κ1) is 16.8. The molecule has 24 heavy (non-hydrogen) atoms. The Morgan fingerprint density at radius 2 is 1.46 bits per heavy atom. The lowest BCUT2D eigenvalue weighted by molar-refractivity contribution is 0.661. The number of nitrogens with zero attached hydrogens (tertiary/aromatic N) is 3. The molecular formula is C20H23N3S. The predicted octanol–water partition coefficient (Wildman–Crippen LogP) is 4.40. The summed E-state index contributed by atoms with van der Waals surface area (Å²) in [6.07, 6.45) is 2.06. The van der Waals surface area contributed by atoms with Crippen molar-refractivity contribution in [2.45, 2.75) is 25.4 Å². The van der Waals surface area contributed by atoms with Crippen LogP contribution < -0.4 is 0 Å². The molecule has 0 N–H and O–H groups in total. The van der Waals surface area contributed by atoms with E-state index in [0.29, 0.717) is 0 Å². The lowest BCUT2D eigenvalue weighted by atomic mass is 9.82. The van der Waals surface area contributed by atoms with E-state index in [1.165, 1.54) is 0 Å². The Bertz CT molecular complexity index is 711. The van der Waals surface area contributed by atoms with Gasteiger partial charge in [0.25, 0.3) is 0 Å². The molecular weight excluding hydrogens is 314 g/mol. The van der Waals surface area contributed by atoms with Gasteiger partial charge in [0.2, 0.25) is 0 Å². The molecule has 3 nitrogen and oxygen atoms in total. The maximum atomic E-state index is 5.17. The van der Waals surface area contributed by atoms with Gasteiger partial charge in [-0.1, -0.05) is 72.4 Å². The van der Waals surface area contributed by atoms with Gasteiger partial charge in [0.1, 0.15) is 5.84 Å². The van der Waals surface area contributed by atoms with Gasteiger partial charge in [0.15, 0.2) is 10.7 Å². The highest BCUT2D eigenvalue weighted by atomic mass is 32.2. The summed E-state index contributed by atoms with van der Waals surface area (Å²) in [6, 6.07) is 21.1. The SMILES string of the molecule is CSC1=NC(c2ccccc2)(c2ccccc2)C(=NC(C)C)N1C. The van der Waals surface area contributed by atoms with Gasteiger partial charge in [-0.05, 0) is 31.2 Å². The van der Waals surface area contributed by atoms with Crippen LogP contribution in [0.3, 0.4) is 0 Å². The number of likely N-dealkylation sites (N-methyl/N-ethyl adjacent to an activating group) is 1. The van der Waals surface area contributed by atoms with Crippen molar-refractivity contribution < 1.29 is 0 Å². The molecule has 2 aromatic carbocycles. The molecule has 4 heteroatoms. The summed E-state index contributed by atoms with van der Waals surface area (Å²) < 4.78 is 0. The zero-order valence-electron chi connectivity index (χ0n) is 14.6. The maximum Gasteiger partial charge on any atom is 0.171 e. The number of hydrogen-bond acceptors (Lipinski definition) is 3. The van der Waals surface area contributed by atoms with Crippen molar-refractivity contribution in [2.24, 2.45) is 9.98 Å². The van der Waals surface area contributed by atoms with Crippen LogP contribution in [0.4, 0.5) is 0 Å². The highest BCUT2D eigenvalue weighted by Crippen LogP contribution is 2.42. The van der Waals surface area contributed by atoms with Gasteiger partial charge in [-0.15, -0.1) is 0 Å². The van der Waals surface area contributed by atoms with Crippen molar-refractivity contribution in [1.82, 2.24) is 4.90 Å². The highest BCUT2D eigenvalue weighted by Gasteiger charge is 2.47. The van der Waals surface area contributed by atoms with Gasteiger partial charge in [-0.2, -0.15) is 0 Å². The van der Waals surface area contributed by atoms with E-state index in [1.54, 1.807) is 11.8 Å². The van der Waals surface area contributed by atoms with Crippen molar-refractivity contribution in [3.8, 4) is 0 Å². The minimum Gasteiger partial charge on any atom is -0.310 e. The van der Waals surface area contributed by atoms with Crippen LogP contribution in [0.2, 0.25) is 0 Å². The summed E-state index contributed by atoms with van der Waals surface area (Å²) in [7, 11) is 2.06. The van der Waals surface area contributed by atoms with E-state index in [1.807, 2.05) is 12.1 Å². The number of amidine groups is 2. The Morgan fingerprint density at radius 1 is 0.958 bits per heavy atom. The summed E-state index contributed by atoms with van der Waals surface area (Å²) >= 11 is 1.66. The molecule has 0 spiro atoms. The third kappa shape index (κ3) is 2.75. The third-order valence-electron chi connectivity index (χ3n) is 4.14. The average molecular weight is 337 g/mol. The number of benzene rings is 2.